The van der Waals surface area contributed by atoms with Gasteiger partial charge in [0, 0.05) is 20.1 Å². The molecule has 0 spiro atoms. The van der Waals surface area contributed by atoms with Crippen LogP contribution in [0.3, 0.4) is 0 Å². The van der Waals surface area contributed by atoms with Crippen LogP contribution in [0.2, 0.25) is 0 Å². The molecule has 2 fully saturated rings. The smallest absolute Gasteiger partial charge is 0.190 e. The number of nitrogens with zero attached hydrogens (tertiary/aromatic N) is 1. The molecule has 17 heavy (non-hydrogen) atoms. The monoisotopic (exact) mass is 237 g/mol. The van der Waals surface area contributed by atoms with Crippen LogP contribution in [0.1, 0.15) is 45.4 Å². The predicted octanol–water partition coefficient (Wildman–Crippen LogP) is 2.39. The minimum absolute atomic E-state index is 0.852. The first kappa shape index (κ1) is 12.7. The Kier molecular flexibility index (Phi) is 4.69. The van der Waals surface area contributed by atoms with E-state index in [4.69, 9.17) is 0 Å². The van der Waals surface area contributed by atoms with Crippen LogP contribution in [-0.2, 0) is 0 Å². The first-order valence-corrected chi connectivity index (χ1v) is 7.22. The fraction of sp³-hybridized carbons (Fsp3) is 0.929. The molecule has 2 rings (SSSR count). The van der Waals surface area contributed by atoms with Crippen LogP contribution in [-0.4, -0.2) is 26.1 Å². The van der Waals surface area contributed by atoms with Gasteiger partial charge in [0.05, 0.1) is 0 Å². The molecule has 2 aliphatic rings. The Labute approximate surface area is 105 Å². The first-order valence-electron chi connectivity index (χ1n) is 7.22. The Morgan fingerprint density at radius 1 is 0.941 bits per heavy atom. The first-order chi connectivity index (χ1) is 8.28. The molecule has 0 aliphatic heterocycles. The molecule has 0 unspecified atom stereocenters. The standard InChI is InChI=1S/C14H27N3/c1-11-3-5-12(6-4-11)9-16-14(15-2)17-10-13-7-8-13/h11-13H,3-10H2,1-2H3,(H2,15,16,17). The van der Waals surface area contributed by atoms with Crippen molar-refractivity contribution in [2.75, 3.05) is 20.1 Å². The van der Waals surface area contributed by atoms with Crippen LogP contribution in [0.4, 0.5) is 0 Å². The van der Waals surface area contributed by atoms with Crippen LogP contribution in [0.5, 0.6) is 0 Å². The van der Waals surface area contributed by atoms with Gasteiger partial charge in [-0.1, -0.05) is 19.8 Å². The zero-order chi connectivity index (χ0) is 12.1. The summed E-state index contributed by atoms with van der Waals surface area (Å²) in [4.78, 5) is 4.28. The predicted molar refractivity (Wildman–Crippen MR) is 73.2 cm³/mol. The Bertz CT molecular complexity index is 250. The van der Waals surface area contributed by atoms with Crippen molar-refractivity contribution in [2.24, 2.45) is 22.7 Å². The van der Waals surface area contributed by atoms with Gasteiger partial charge in [0.1, 0.15) is 0 Å². The van der Waals surface area contributed by atoms with Gasteiger partial charge in [-0.15, -0.1) is 0 Å². The summed E-state index contributed by atoms with van der Waals surface area (Å²) in [5.41, 5.74) is 0. The molecule has 0 aromatic carbocycles. The number of rotatable bonds is 4. The summed E-state index contributed by atoms with van der Waals surface area (Å²) in [6, 6.07) is 0. The van der Waals surface area contributed by atoms with E-state index in [0.717, 1.165) is 36.8 Å². The molecule has 0 heterocycles. The summed E-state index contributed by atoms with van der Waals surface area (Å²) in [5, 5.41) is 6.89. The van der Waals surface area contributed by atoms with Crippen molar-refractivity contribution in [1.82, 2.24) is 10.6 Å². The highest BCUT2D eigenvalue weighted by Crippen LogP contribution is 2.28. The molecule has 0 atom stereocenters. The number of guanidine groups is 1. The van der Waals surface area contributed by atoms with E-state index in [1.165, 1.54) is 38.5 Å². The molecular formula is C14H27N3. The number of nitrogens with one attached hydrogen (secondary N) is 2. The quantitative estimate of drug-likeness (QED) is 0.582. The van der Waals surface area contributed by atoms with Gasteiger partial charge in [-0.25, -0.2) is 0 Å². The van der Waals surface area contributed by atoms with E-state index in [9.17, 15) is 0 Å². The maximum absolute atomic E-state index is 4.28. The van der Waals surface area contributed by atoms with Crippen molar-refractivity contribution < 1.29 is 0 Å². The van der Waals surface area contributed by atoms with E-state index < -0.39 is 0 Å². The summed E-state index contributed by atoms with van der Waals surface area (Å²) >= 11 is 0. The Morgan fingerprint density at radius 3 is 1.82 bits per heavy atom. The highest BCUT2D eigenvalue weighted by atomic mass is 15.2. The van der Waals surface area contributed by atoms with Gasteiger partial charge in [0.15, 0.2) is 5.96 Å². The summed E-state index contributed by atoms with van der Waals surface area (Å²) in [6.45, 7) is 4.57. The van der Waals surface area contributed by atoms with Gasteiger partial charge in [0.2, 0.25) is 0 Å². The fourth-order valence-corrected chi connectivity index (χ4v) is 2.56. The lowest BCUT2D eigenvalue weighted by Crippen LogP contribution is -2.41. The average Bonchev–Trinajstić information content (AvgIpc) is 3.15. The summed E-state index contributed by atoms with van der Waals surface area (Å²) in [7, 11) is 1.87. The Hall–Kier alpha value is -0.730. The van der Waals surface area contributed by atoms with Crippen molar-refractivity contribution in [3.8, 4) is 0 Å². The molecule has 98 valence electrons. The van der Waals surface area contributed by atoms with Gasteiger partial charge >= 0.3 is 0 Å². The lowest BCUT2D eigenvalue weighted by molar-refractivity contribution is 0.289. The minimum Gasteiger partial charge on any atom is -0.356 e. The zero-order valence-electron chi connectivity index (χ0n) is 11.3. The molecular weight excluding hydrogens is 210 g/mol. The zero-order valence-corrected chi connectivity index (χ0v) is 11.3. The van der Waals surface area contributed by atoms with Gasteiger partial charge in [-0.3, -0.25) is 4.99 Å². The normalized spacial score (nSPS) is 30.1. The van der Waals surface area contributed by atoms with Gasteiger partial charge in [-0.05, 0) is 43.4 Å². The van der Waals surface area contributed by atoms with Crippen molar-refractivity contribution in [1.29, 1.82) is 0 Å². The van der Waals surface area contributed by atoms with E-state index in [1.807, 2.05) is 7.05 Å². The average molecular weight is 237 g/mol. The summed E-state index contributed by atoms with van der Waals surface area (Å²) < 4.78 is 0. The van der Waals surface area contributed by atoms with E-state index in [0.29, 0.717) is 0 Å². The molecule has 2 aliphatic carbocycles. The van der Waals surface area contributed by atoms with Crippen LogP contribution >= 0.6 is 0 Å². The van der Waals surface area contributed by atoms with E-state index in [2.05, 4.69) is 22.5 Å². The molecule has 0 radical (unpaired) electrons. The third kappa shape index (κ3) is 4.57. The van der Waals surface area contributed by atoms with Gasteiger partial charge < -0.3 is 10.6 Å². The van der Waals surface area contributed by atoms with Crippen molar-refractivity contribution in [3.63, 3.8) is 0 Å². The molecule has 0 aromatic heterocycles. The molecule has 2 N–H and O–H groups in total. The molecule has 3 nitrogen and oxygen atoms in total. The second kappa shape index (κ2) is 6.27. The molecule has 0 bridgehead atoms. The number of aliphatic imine (C=N–C) groups is 1. The highest BCUT2D eigenvalue weighted by Gasteiger charge is 2.21. The maximum Gasteiger partial charge on any atom is 0.190 e. The third-order valence-corrected chi connectivity index (χ3v) is 4.17. The van der Waals surface area contributed by atoms with Crippen molar-refractivity contribution >= 4 is 5.96 Å². The highest BCUT2D eigenvalue weighted by molar-refractivity contribution is 5.79. The van der Waals surface area contributed by atoms with Crippen LogP contribution in [0.25, 0.3) is 0 Å². The maximum atomic E-state index is 4.28. The fourth-order valence-electron chi connectivity index (χ4n) is 2.56. The molecule has 0 saturated heterocycles. The SMILES string of the molecule is CN=C(NCC1CCC(C)CC1)NCC1CC1. The summed E-state index contributed by atoms with van der Waals surface area (Å²) in [5.74, 6) is 3.70. The Morgan fingerprint density at radius 2 is 1.41 bits per heavy atom. The van der Waals surface area contributed by atoms with Crippen LogP contribution in [0, 0.1) is 17.8 Å². The second-order valence-electron chi connectivity index (χ2n) is 5.90. The van der Waals surface area contributed by atoms with Gasteiger partial charge in [0.25, 0.3) is 0 Å². The minimum atomic E-state index is 0.852. The molecule has 0 amide bonds. The van der Waals surface area contributed by atoms with Crippen molar-refractivity contribution in [3.05, 3.63) is 0 Å². The lowest BCUT2D eigenvalue weighted by Gasteiger charge is -2.26. The molecule has 3 heteroatoms. The Balaban J connectivity index is 1.61. The molecule has 0 aromatic rings. The van der Waals surface area contributed by atoms with E-state index in [1.54, 1.807) is 0 Å². The van der Waals surface area contributed by atoms with Crippen LogP contribution < -0.4 is 10.6 Å². The second-order valence-corrected chi connectivity index (χ2v) is 5.90. The third-order valence-electron chi connectivity index (χ3n) is 4.17. The molecule has 2 saturated carbocycles. The largest absolute Gasteiger partial charge is 0.356 e. The topological polar surface area (TPSA) is 36.4 Å². The number of hydrogen-bond donors (Lipinski definition) is 2. The van der Waals surface area contributed by atoms with E-state index in [-0.39, 0.29) is 0 Å². The van der Waals surface area contributed by atoms with Crippen molar-refractivity contribution in [2.45, 2.75) is 45.4 Å². The lowest BCUT2D eigenvalue weighted by atomic mass is 9.83. The number of hydrogen-bond acceptors (Lipinski definition) is 1. The van der Waals surface area contributed by atoms with Gasteiger partial charge in [-0.2, -0.15) is 0 Å². The summed E-state index contributed by atoms with van der Waals surface area (Å²) in [6.07, 6.45) is 8.36. The van der Waals surface area contributed by atoms with E-state index >= 15 is 0 Å². The van der Waals surface area contributed by atoms with Crippen LogP contribution in [0.15, 0.2) is 4.99 Å².